The SMILES string of the molecule is Cn1c(=O)n(C2CCC(=O)NC2=O)c2ccc(CN3CCN(CC(=O)N4CC[C@H]5CC[C@@H](C(=O)NC(CCC(N)=O)C(=O)NC(c6ccccc6)c6ccccc6)N5C(=O)[C@@H](NC(=O)c5cc6cc(C(=O)P(=O)(O)O)ccc6[nH]5)C4)CC3)cc21. The van der Waals surface area contributed by atoms with Crippen LogP contribution in [0.3, 0.4) is 0 Å². The van der Waals surface area contributed by atoms with Crippen molar-refractivity contribution in [3.8, 4) is 0 Å². The Balaban J connectivity index is 0.845. The van der Waals surface area contributed by atoms with Gasteiger partial charge in [-0.15, -0.1) is 0 Å². The van der Waals surface area contributed by atoms with Crippen LogP contribution in [-0.2, 0) is 51.7 Å². The maximum atomic E-state index is 15.2. The van der Waals surface area contributed by atoms with Gasteiger partial charge in [0.1, 0.15) is 29.9 Å². The number of hydrogen-bond donors (Lipinski definition) is 8. The van der Waals surface area contributed by atoms with Crippen LogP contribution in [0.2, 0.25) is 0 Å². The number of piperidine rings is 1. The molecule has 4 aliphatic rings. The molecule has 5 atom stereocenters. The van der Waals surface area contributed by atoms with Gasteiger partial charge >= 0.3 is 13.3 Å². The summed E-state index contributed by atoms with van der Waals surface area (Å²) in [6.07, 6.45) is 0.737. The van der Waals surface area contributed by atoms with Gasteiger partial charge in [-0.1, -0.05) is 66.7 Å². The van der Waals surface area contributed by atoms with Gasteiger partial charge in [0.05, 0.1) is 23.6 Å². The lowest BCUT2D eigenvalue weighted by atomic mass is 9.98. The summed E-state index contributed by atoms with van der Waals surface area (Å²) >= 11 is 0. The lowest BCUT2D eigenvalue weighted by molar-refractivity contribution is -0.146. The van der Waals surface area contributed by atoms with E-state index in [4.69, 9.17) is 5.73 Å². The summed E-state index contributed by atoms with van der Waals surface area (Å²) in [5, 5.41) is 11.2. The second-order valence-electron chi connectivity index (χ2n) is 21.9. The van der Waals surface area contributed by atoms with Crippen molar-refractivity contribution >= 4 is 82.3 Å². The number of hydrogen-bond acceptors (Lipinski definition) is 13. The zero-order valence-corrected chi connectivity index (χ0v) is 46.9. The predicted molar refractivity (Wildman–Crippen MR) is 304 cm³/mol. The molecule has 8 amide bonds. The topological polar surface area (TPSA) is 341 Å². The average Bonchev–Trinajstić information content (AvgIpc) is 3.38. The Morgan fingerprint density at radius 3 is 2.13 bits per heavy atom. The number of aryl methyl sites for hydroxylation is 1. The number of imidazole rings is 1. The number of benzene rings is 4. The Morgan fingerprint density at radius 1 is 0.774 bits per heavy atom. The van der Waals surface area contributed by atoms with Crippen LogP contribution >= 0.6 is 7.60 Å². The first-order valence-electron chi connectivity index (χ1n) is 27.8. The molecular formula is C58H65N12O13P. The smallest absolute Gasteiger partial charge is 0.370 e. The summed E-state index contributed by atoms with van der Waals surface area (Å²) < 4.78 is 14.7. The third-order valence-corrected chi connectivity index (χ3v) is 17.1. The molecule has 4 saturated heterocycles. The van der Waals surface area contributed by atoms with Crippen molar-refractivity contribution in [1.82, 2.24) is 55.0 Å². The first kappa shape index (κ1) is 58.6. The molecule has 25 nitrogen and oxygen atoms in total. The molecule has 0 radical (unpaired) electrons. The van der Waals surface area contributed by atoms with Crippen molar-refractivity contribution in [1.29, 1.82) is 0 Å². The summed E-state index contributed by atoms with van der Waals surface area (Å²) in [4.78, 5) is 165. The van der Waals surface area contributed by atoms with Gasteiger partial charge in [0.25, 0.3) is 11.4 Å². The van der Waals surface area contributed by atoms with Crippen molar-refractivity contribution < 1.29 is 57.5 Å². The largest absolute Gasteiger partial charge is 0.396 e. The molecule has 4 fully saturated rings. The lowest BCUT2D eigenvalue weighted by Gasteiger charge is -2.40. The van der Waals surface area contributed by atoms with Crippen LogP contribution in [0.5, 0.6) is 0 Å². The van der Waals surface area contributed by atoms with Crippen LogP contribution in [0.1, 0.15) is 94.6 Å². The van der Waals surface area contributed by atoms with Gasteiger partial charge < -0.3 is 46.3 Å². The van der Waals surface area contributed by atoms with E-state index in [2.05, 4.69) is 31.2 Å². The second kappa shape index (κ2) is 24.7. The first-order chi connectivity index (χ1) is 40.2. The summed E-state index contributed by atoms with van der Waals surface area (Å²) in [5.74, 6) is -4.62. The quantitative estimate of drug-likeness (QED) is 0.0444. The maximum absolute atomic E-state index is 15.2. The van der Waals surface area contributed by atoms with E-state index in [-0.39, 0.29) is 92.3 Å². The van der Waals surface area contributed by atoms with Gasteiger partial charge in [-0.2, -0.15) is 0 Å². The fourth-order valence-electron chi connectivity index (χ4n) is 11.9. The molecule has 2 aromatic heterocycles. The standard InChI is InChI=1S/C58H65N12O13P/c1-65-47-28-34(12-17-44(47)70(58(65)80)46-19-21-49(72)63-55(46)77)31-66-24-26-67(27-25-66)33-50(73)68-23-22-39-14-18-45(54(76)61-41(16-20-48(59)71)52(74)64-51(35-8-4-2-5-9-35)36-10-6-3-7-11-36)69(39)56(78)43(32-68)62-53(75)42-30-38-29-37(13-15-40(38)60-42)57(79)84(81,82)83/h2-13,15,17,28-30,39,41,43,45-46,51,60H,14,16,18-27,31-33H2,1H3,(H2,59,71)(H,61,76)(H,62,75)(H,64,74)(H,63,72,77)(H2,81,82,83)/t39-,41?,43+,45+,46?/m1/s1. The van der Waals surface area contributed by atoms with E-state index in [9.17, 15) is 57.5 Å². The van der Waals surface area contributed by atoms with Gasteiger partial charge in [-0.05, 0) is 85.2 Å². The van der Waals surface area contributed by atoms with E-state index in [0.29, 0.717) is 55.7 Å². The van der Waals surface area contributed by atoms with Crippen LogP contribution < -0.4 is 32.7 Å². The minimum atomic E-state index is -5.14. The van der Waals surface area contributed by atoms with E-state index < -0.39 is 84.8 Å². The van der Waals surface area contributed by atoms with Crippen LogP contribution in [0.4, 0.5) is 0 Å². The molecule has 10 rings (SSSR count). The number of fused-ring (bicyclic) bond motifs is 3. The molecule has 0 bridgehead atoms. The zero-order valence-electron chi connectivity index (χ0n) is 46.0. The third-order valence-electron chi connectivity index (χ3n) is 16.3. The fourth-order valence-corrected chi connectivity index (χ4v) is 12.3. The molecule has 26 heteroatoms. The Labute approximate surface area is 481 Å². The number of aromatic amines is 1. The Kier molecular flexibility index (Phi) is 17.2. The highest BCUT2D eigenvalue weighted by molar-refractivity contribution is 7.70. The summed E-state index contributed by atoms with van der Waals surface area (Å²) in [7, 11) is -3.50. The molecule has 0 saturated carbocycles. The molecular weight excluding hydrogens is 1100 g/mol. The molecule has 0 aliphatic carbocycles. The number of carbonyl (C=O) groups excluding carboxylic acids is 9. The highest BCUT2D eigenvalue weighted by atomic mass is 31.2. The molecule has 84 heavy (non-hydrogen) atoms. The highest BCUT2D eigenvalue weighted by Gasteiger charge is 2.46. The van der Waals surface area contributed by atoms with Crippen LogP contribution in [0.15, 0.2) is 108 Å². The third kappa shape index (κ3) is 12.8. The van der Waals surface area contributed by atoms with Crippen molar-refractivity contribution in [2.75, 3.05) is 45.8 Å². The molecule has 0 spiro atoms. The van der Waals surface area contributed by atoms with E-state index in [1.54, 1.807) is 7.05 Å². The number of nitrogens with zero attached hydrogens (tertiary/aromatic N) is 6. The number of nitrogens with one attached hydrogen (secondary N) is 5. The zero-order chi connectivity index (χ0) is 59.6. The van der Waals surface area contributed by atoms with Gasteiger partial charge in [-0.25, -0.2) is 4.79 Å². The number of imide groups is 1. The Hall–Kier alpha value is -8.61. The molecule has 4 aliphatic heterocycles. The monoisotopic (exact) mass is 1170 g/mol. The minimum Gasteiger partial charge on any atom is -0.370 e. The number of carbonyl (C=O) groups is 9. The van der Waals surface area contributed by atoms with Crippen LogP contribution in [-0.4, -0.2) is 166 Å². The molecule has 6 heterocycles. The Bertz CT molecular complexity index is 3640. The van der Waals surface area contributed by atoms with Crippen LogP contribution in [0.25, 0.3) is 21.9 Å². The maximum Gasteiger partial charge on any atom is 0.396 e. The normalized spacial score (nSPS) is 20.3. The summed E-state index contributed by atoms with van der Waals surface area (Å²) in [6.45, 7) is 2.59. The second-order valence-corrected chi connectivity index (χ2v) is 23.4. The number of primary amides is 1. The number of rotatable bonds is 18. The fraction of sp³-hybridized carbons (Fsp3) is 0.379. The molecule has 440 valence electrons. The van der Waals surface area contributed by atoms with Crippen molar-refractivity contribution in [3.63, 3.8) is 0 Å². The van der Waals surface area contributed by atoms with Gasteiger partial charge in [0.15, 0.2) is 0 Å². The minimum absolute atomic E-state index is 0.00806. The molecule has 9 N–H and O–H groups in total. The first-order valence-corrected chi connectivity index (χ1v) is 29.4. The van der Waals surface area contributed by atoms with Gasteiger partial charge in [0, 0.05) is 88.2 Å². The van der Waals surface area contributed by atoms with E-state index >= 15 is 4.79 Å². The number of nitrogens with two attached hydrogens (primary N) is 1. The number of H-pyrrole nitrogens is 1. The van der Waals surface area contributed by atoms with Gasteiger partial charge in [0.2, 0.25) is 41.4 Å². The van der Waals surface area contributed by atoms with E-state index in [1.165, 1.54) is 43.2 Å². The van der Waals surface area contributed by atoms with Crippen molar-refractivity contribution in [2.24, 2.45) is 12.8 Å². The molecule has 4 aromatic carbocycles. The van der Waals surface area contributed by atoms with Crippen molar-refractivity contribution in [2.45, 2.75) is 87.7 Å². The lowest BCUT2D eigenvalue weighted by Crippen LogP contribution is -2.62. The summed E-state index contributed by atoms with van der Waals surface area (Å²) in [5.41, 5.74) is 7.44. The molecule has 2 unspecified atom stereocenters. The van der Waals surface area contributed by atoms with Crippen LogP contribution in [0, 0.1) is 0 Å². The molecule has 6 aromatic rings. The van der Waals surface area contributed by atoms with E-state index in [0.717, 1.165) is 16.7 Å². The number of aromatic nitrogens is 3. The average molecular weight is 1170 g/mol. The number of amides is 8. The van der Waals surface area contributed by atoms with E-state index in [1.807, 2.05) is 83.8 Å². The van der Waals surface area contributed by atoms with Gasteiger partial charge in [-0.3, -0.25) is 72.0 Å². The summed E-state index contributed by atoms with van der Waals surface area (Å²) in [6, 6.07) is 23.4. The predicted octanol–water partition coefficient (Wildman–Crippen LogP) is 1.28. The number of piperazine rings is 1. The Morgan fingerprint density at radius 2 is 1.46 bits per heavy atom. The van der Waals surface area contributed by atoms with Crippen molar-refractivity contribution in [3.05, 3.63) is 142 Å². The highest BCUT2D eigenvalue weighted by Crippen LogP contribution is 2.40.